The first-order chi connectivity index (χ1) is 10.1. The maximum absolute atomic E-state index is 12.3. The molecule has 0 radical (unpaired) electrons. The van der Waals surface area contributed by atoms with E-state index in [1.54, 1.807) is 7.11 Å². The minimum Gasteiger partial charge on any atom is -0.497 e. The third-order valence-electron chi connectivity index (χ3n) is 4.28. The quantitative estimate of drug-likeness (QED) is 0.905. The average Bonchev–Trinajstić information content (AvgIpc) is 2.53. The van der Waals surface area contributed by atoms with E-state index in [0.717, 1.165) is 37.1 Å². The summed E-state index contributed by atoms with van der Waals surface area (Å²) in [5.41, 5.74) is 1.15. The molecule has 1 amide bonds. The molecule has 1 aliphatic rings. The van der Waals surface area contributed by atoms with Crippen molar-refractivity contribution in [2.24, 2.45) is 5.92 Å². The van der Waals surface area contributed by atoms with Crippen molar-refractivity contribution in [1.29, 1.82) is 0 Å². The normalized spacial score (nSPS) is 20.1. The number of benzene rings is 1. The van der Waals surface area contributed by atoms with Gasteiger partial charge in [-0.1, -0.05) is 12.1 Å². The Hall–Kier alpha value is -1.55. The third kappa shape index (κ3) is 4.46. The molecule has 0 aliphatic carbocycles. The summed E-state index contributed by atoms with van der Waals surface area (Å²) >= 11 is 0. The minimum absolute atomic E-state index is 0.191. The molecule has 1 heterocycles. The Balaban J connectivity index is 1.83. The number of piperidine rings is 1. The molecule has 116 valence electrons. The van der Waals surface area contributed by atoms with Gasteiger partial charge in [-0.3, -0.25) is 4.79 Å². The lowest BCUT2D eigenvalue weighted by molar-refractivity contribution is -0.133. The van der Waals surface area contributed by atoms with Gasteiger partial charge in [0.05, 0.1) is 13.2 Å². The van der Waals surface area contributed by atoms with Crippen LogP contribution in [-0.2, 0) is 11.2 Å². The van der Waals surface area contributed by atoms with Gasteiger partial charge < -0.3 is 14.7 Å². The molecule has 0 bridgehead atoms. The van der Waals surface area contributed by atoms with Crippen molar-refractivity contribution in [1.82, 2.24) is 4.90 Å². The van der Waals surface area contributed by atoms with Gasteiger partial charge in [0.2, 0.25) is 5.91 Å². The number of aryl methyl sites for hydroxylation is 1. The van der Waals surface area contributed by atoms with Crippen molar-refractivity contribution in [2.75, 3.05) is 20.2 Å². The predicted octanol–water partition coefficient (Wildman–Crippen LogP) is 2.25. The molecule has 2 unspecified atom stereocenters. The van der Waals surface area contributed by atoms with E-state index in [-0.39, 0.29) is 17.9 Å². The largest absolute Gasteiger partial charge is 0.497 e. The Labute approximate surface area is 126 Å². The summed E-state index contributed by atoms with van der Waals surface area (Å²) in [7, 11) is 1.65. The monoisotopic (exact) mass is 291 g/mol. The van der Waals surface area contributed by atoms with E-state index in [2.05, 4.69) is 0 Å². The highest BCUT2D eigenvalue weighted by Gasteiger charge is 2.26. The van der Waals surface area contributed by atoms with Crippen molar-refractivity contribution in [3.63, 3.8) is 0 Å². The number of amides is 1. The molecule has 1 aromatic carbocycles. The van der Waals surface area contributed by atoms with E-state index in [0.29, 0.717) is 13.0 Å². The molecule has 2 atom stereocenters. The molecular weight excluding hydrogens is 266 g/mol. The number of aliphatic hydroxyl groups excluding tert-OH is 1. The molecular formula is C17H25NO3. The van der Waals surface area contributed by atoms with E-state index in [9.17, 15) is 9.90 Å². The van der Waals surface area contributed by atoms with Crippen LogP contribution in [0.3, 0.4) is 0 Å². The summed E-state index contributed by atoms with van der Waals surface area (Å²) in [6.45, 7) is 3.33. The van der Waals surface area contributed by atoms with Crippen LogP contribution in [0.25, 0.3) is 0 Å². The summed E-state index contributed by atoms with van der Waals surface area (Å²) in [6, 6.07) is 7.84. The molecule has 0 saturated carbocycles. The van der Waals surface area contributed by atoms with Gasteiger partial charge >= 0.3 is 0 Å². The predicted molar refractivity (Wildman–Crippen MR) is 82.3 cm³/mol. The van der Waals surface area contributed by atoms with Crippen LogP contribution < -0.4 is 4.74 Å². The molecule has 4 nitrogen and oxygen atoms in total. The van der Waals surface area contributed by atoms with Gasteiger partial charge in [0.25, 0.3) is 0 Å². The zero-order valence-corrected chi connectivity index (χ0v) is 12.9. The number of nitrogens with zero attached hydrogens (tertiary/aromatic N) is 1. The molecule has 1 aromatic rings. The molecule has 1 saturated heterocycles. The van der Waals surface area contributed by atoms with Crippen LogP contribution in [0.2, 0.25) is 0 Å². The Bertz CT molecular complexity index is 456. The second-order valence-corrected chi connectivity index (χ2v) is 5.83. The van der Waals surface area contributed by atoms with Crippen molar-refractivity contribution in [2.45, 2.75) is 38.7 Å². The fourth-order valence-corrected chi connectivity index (χ4v) is 2.83. The van der Waals surface area contributed by atoms with Crippen LogP contribution in [0.4, 0.5) is 0 Å². The second kappa shape index (κ2) is 7.46. The molecule has 0 aromatic heterocycles. The number of likely N-dealkylation sites (tertiary alicyclic amines) is 1. The van der Waals surface area contributed by atoms with Crippen LogP contribution in [0.5, 0.6) is 5.75 Å². The van der Waals surface area contributed by atoms with Gasteiger partial charge in [0.1, 0.15) is 5.75 Å². The van der Waals surface area contributed by atoms with Gasteiger partial charge in [-0.05, 0) is 43.9 Å². The van der Waals surface area contributed by atoms with Gasteiger partial charge in [0, 0.05) is 25.4 Å². The standard InChI is InChI=1S/C17H25NO3/c1-13(19)15-4-3-11-18(12-15)17(20)10-7-14-5-8-16(21-2)9-6-14/h5-6,8-9,13,15,19H,3-4,7,10-12H2,1-2H3. The summed E-state index contributed by atoms with van der Waals surface area (Å²) in [5.74, 6) is 1.25. The summed E-state index contributed by atoms with van der Waals surface area (Å²) < 4.78 is 5.13. The third-order valence-corrected chi connectivity index (χ3v) is 4.28. The summed E-state index contributed by atoms with van der Waals surface area (Å²) in [4.78, 5) is 14.2. The van der Waals surface area contributed by atoms with E-state index in [1.165, 1.54) is 0 Å². The van der Waals surface area contributed by atoms with Crippen LogP contribution in [0, 0.1) is 5.92 Å². The van der Waals surface area contributed by atoms with Crippen LogP contribution in [0.1, 0.15) is 31.7 Å². The van der Waals surface area contributed by atoms with Gasteiger partial charge in [-0.15, -0.1) is 0 Å². The number of carbonyl (C=O) groups excluding carboxylic acids is 1. The minimum atomic E-state index is -0.331. The topological polar surface area (TPSA) is 49.8 Å². The Kier molecular flexibility index (Phi) is 5.62. The fourth-order valence-electron chi connectivity index (χ4n) is 2.83. The first-order valence-corrected chi connectivity index (χ1v) is 7.69. The molecule has 21 heavy (non-hydrogen) atoms. The van der Waals surface area contributed by atoms with Crippen molar-refractivity contribution in [3.8, 4) is 5.75 Å². The Morgan fingerprint density at radius 3 is 2.76 bits per heavy atom. The number of ether oxygens (including phenoxy) is 1. The maximum Gasteiger partial charge on any atom is 0.222 e. The average molecular weight is 291 g/mol. The van der Waals surface area contributed by atoms with Crippen LogP contribution in [0.15, 0.2) is 24.3 Å². The first kappa shape index (κ1) is 15.8. The lowest BCUT2D eigenvalue weighted by Gasteiger charge is -2.34. The van der Waals surface area contributed by atoms with E-state index >= 15 is 0 Å². The van der Waals surface area contributed by atoms with Gasteiger partial charge in [0.15, 0.2) is 0 Å². The van der Waals surface area contributed by atoms with Gasteiger partial charge in [-0.25, -0.2) is 0 Å². The summed E-state index contributed by atoms with van der Waals surface area (Å²) in [5, 5.41) is 9.68. The molecule has 4 heteroatoms. The second-order valence-electron chi connectivity index (χ2n) is 5.83. The number of rotatable bonds is 5. The fraction of sp³-hybridized carbons (Fsp3) is 0.588. The van der Waals surface area contributed by atoms with E-state index in [4.69, 9.17) is 4.74 Å². The van der Waals surface area contributed by atoms with Crippen molar-refractivity contribution in [3.05, 3.63) is 29.8 Å². The number of methoxy groups -OCH3 is 1. The molecule has 0 spiro atoms. The van der Waals surface area contributed by atoms with Crippen molar-refractivity contribution < 1.29 is 14.6 Å². The lowest BCUT2D eigenvalue weighted by atomic mass is 9.93. The lowest BCUT2D eigenvalue weighted by Crippen LogP contribution is -2.43. The van der Waals surface area contributed by atoms with Crippen LogP contribution >= 0.6 is 0 Å². The van der Waals surface area contributed by atoms with E-state index < -0.39 is 0 Å². The SMILES string of the molecule is COc1ccc(CCC(=O)N2CCCC(C(C)O)C2)cc1. The number of carbonyl (C=O) groups is 1. The van der Waals surface area contributed by atoms with Crippen LogP contribution in [-0.4, -0.2) is 42.2 Å². The zero-order chi connectivity index (χ0) is 15.2. The first-order valence-electron chi connectivity index (χ1n) is 7.69. The molecule has 1 fully saturated rings. The highest BCUT2D eigenvalue weighted by Crippen LogP contribution is 2.21. The zero-order valence-electron chi connectivity index (χ0n) is 12.9. The summed E-state index contributed by atoms with van der Waals surface area (Å²) in [6.07, 6.45) is 2.95. The number of hydrogen-bond donors (Lipinski definition) is 1. The molecule has 1 N–H and O–H groups in total. The van der Waals surface area contributed by atoms with E-state index in [1.807, 2.05) is 36.1 Å². The Morgan fingerprint density at radius 2 is 2.14 bits per heavy atom. The van der Waals surface area contributed by atoms with Crippen molar-refractivity contribution >= 4 is 5.91 Å². The Morgan fingerprint density at radius 1 is 1.43 bits per heavy atom. The number of hydrogen-bond acceptors (Lipinski definition) is 3. The maximum atomic E-state index is 12.3. The smallest absolute Gasteiger partial charge is 0.222 e. The highest BCUT2D eigenvalue weighted by molar-refractivity contribution is 5.76. The highest BCUT2D eigenvalue weighted by atomic mass is 16.5. The molecule has 1 aliphatic heterocycles. The molecule has 2 rings (SSSR count). The number of aliphatic hydroxyl groups is 1. The van der Waals surface area contributed by atoms with Gasteiger partial charge in [-0.2, -0.15) is 0 Å².